The van der Waals surface area contributed by atoms with Gasteiger partial charge >= 0.3 is 0 Å². The Labute approximate surface area is 223 Å². The molecule has 0 unspecified atom stereocenters. The van der Waals surface area contributed by atoms with E-state index in [2.05, 4.69) is 4.98 Å². The summed E-state index contributed by atoms with van der Waals surface area (Å²) in [5.41, 5.74) is 2.50. The van der Waals surface area contributed by atoms with Crippen LogP contribution in [0.4, 0.5) is 15.8 Å². The normalized spacial score (nSPS) is 13.3. The summed E-state index contributed by atoms with van der Waals surface area (Å²) in [5, 5.41) is 12.1. The Morgan fingerprint density at radius 2 is 1.82 bits per heavy atom. The number of nitrogens with zero attached hydrogens (tertiary/aromatic N) is 3. The zero-order valence-electron chi connectivity index (χ0n) is 21.1. The van der Waals surface area contributed by atoms with Gasteiger partial charge in [0.25, 0.3) is 0 Å². The van der Waals surface area contributed by atoms with Crippen LogP contribution in [-0.4, -0.2) is 67.5 Å². The summed E-state index contributed by atoms with van der Waals surface area (Å²) < 4.78 is 26.6. The van der Waals surface area contributed by atoms with Crippen LogP contribution in [0.25, 0.3) is 10.9 Å². The Kier molecular flexibility index (Phi) is 6.96. The summed E-state index contributed by atoms with van der Waals surface area (Å²) in [6, 6.07) is 15.0. The maximum Gasteiger partial charge on any atom is 0.240 e. The zero-order chi connectivity index (χ0) is 27.0. The molecule has 5 rings (SSSR count). The average Bonchev–Trinajstić information content (AvgIpc) is 3.20. The molecule has 10 heteroatoms. The fraction of sp³-hybridized carbons (Fsp3) is 0.214. The van der Waals surface area contributed by atoms with E-state index in [0.717, 1.165) is 0 Å². The number of benzene rings is 3. The third-order valence-electron chi connectivity index (χ3n) is 6.15. The second-order valence-electron chi connectivity index (χ2n) is 9.18. The number of hydrogen-bond donors (Lipinski definition) is 2. The first-order valence-electron chi connectivity index (χ1n) is 11.9. The zero-order valence-corrected chi connectivity index (χ0v) is 21.8. The van der Waals surface area contributed by atoms with Crippen LogP contribution in [0.3, 0.4) is 0 Å². The molecule has 0 spiro atoms. The quantitative estimate of drug-likeness (QED) is 0.333. The van der Waals surface area contributed by atoms with E-state index in [1.165, 1.54) is 24.1 Å². The number of halogens is 2. The molecule has 1 amide bonds. The number of nitrogens with one attached hydrogen (secondary N) is 1. The van der Waals surface area contributed by atoms with Crippen LogP contribution in [-0.2, 0) is 4.79 Å². The highest BCUT2D eigenvalue weighted by molar-refractivity contribution is 6.31. The van der Waals surface area contributed by atoms with E-state index in [1.54, 1.807) is 61.5 Å². The van der Waals surface area contributed by atoms with Crippen molar-refractivity contribution in [2.24, 2.45) is 4.99 Å². The Bertz CT molecular complexity index is 1570. The second kappa shape index (κ2) is 10.4. The van der Waals surface area contributed by atoms with E-state index in [1.807, 2.05) is 0 Å². The Morgan fingerprint density at radius 1 is 1.05 bits per heavy atom. The van der Waals surface area contributed by atoms with Gasteiger partial charge in [0.05, 0.1) is 34.7 Å². The largest absolute Gasteiger partial charge is 0.494 e. The highest BCUT2D eigenvalue weighted by atomic mass is 35.5. The van der Waals surface area contributed by atoms with Gasteiger partial charge in [0.15, 0.2) is 17.4 Å². The number of rotatable bonds is 6. The van der Waals surface area contributed by atoms with Crippen LogP contribution in [0.1, 0.15) is 11.1 Å². The lowest BCUT2D eigenvalue weighted by Crippen LogP contribution is -2.35. The third-order valence-corrected chi connectivity index (χ3v) is 6.39. The van der Waals surface area contributed by atoms with Crippen molar-refractivity contribution < 1.29 is 23.8 Å². The molecule has 38 heavy (non-hydrogen) atoms. The Morgan fingerprint density at radius 3 is 2.55 bits per heavy atom. The van der Waals surface area contributed by atoms with Crippen molar-refractivity contribution in [1.82, 2.24) is 9.88 Å². The molecule has 0 radical (unpaired) electrons. The molecule has 0 saturated carbocycles. The summed E-state index contributed by atoms with van der Waals surface area (Å²) in [6.07, 6.45) is 0. The number of aromatic amines is 1. The van der Waals surface area contributed by atoms with Gasteiger partial charge in [0.1, 0.15) is 19.0 Å². The predicted molar refractivity (Wildman–Crippen MR) is 146 cm³/mol. The standard InChI is InChI=1S/C28H26ClFN4O4/c1-33(2)15-25(35)34(3)22-8-6-18(14-20(22)30)31-27(16-4-9-23-24(12-16)38-11-10-37-23)26-19-7-5-17(29)13-21(19)32-28(26)36/h4-9,12-14,32,36H,10-11,15H2,1-3H3. The molecule has 0 saturated heterocycles. The minimum absolute atomic E-state index is 0.109. The number of carbonyl (C=O) groups excluding carboxylic acids is 1. The number of amides is 1. The van der Waals surface area contributed by atoms with Crippen LogP contribution in [0.15, 0.2) is 59.6 Å². The summed E-state index contributed by atoms with van der Waals surface area (Å²) >= 11 is 6.16. The van der Waals surface area contributed by atoms with Gasteiger partial charge in [-0.05, 0) is 56.6 Å². The first-order chi connectivity index (χ1) is 18.2. The molecule has 0 atom stereocenters. The van der Waals surface area contributed by atoms with Crippen molar-refractivity contribution in [3.63, 3.8) is 0 Å². The van der Waals surface area contributed by atoms with E-state index in [4.69, 9.17) is 26.1 Å². The van der Waals surface area contributed by atoms with Crippen LogP contribution >= 0.6 is 11.6 Å². The smallest absolute Gasteiger partial charge is 0.240 e. The molecule has 0 fully saturated rings. The molecule has 8 nitrogen and oxygen atoms in total. The maximum absolute atomic E-state index is 15.2. The fourth-order valence-corrected chi connectivity index (χ4v) is 4.50. The molecule has 4 aromatic rings. The third kappa shape index (κ3) is 5.03. The number of ether oxygens (including phenoxy) is 2. The number of H-pyrrole nitrogens is 1. The fourth-order valence-electron chi connectivity index (χ4n) is 4.33. The summed E-state index contributed by atoms with van der Waals surface area (Å²) in [7, 11) is 5.07. The minimum Gasteiger partial charge on any atom is -0.494 e. The van der Waals surface area contributed by atoms with Crippen LogP contribution in [0.2, 0.25) is 5.02 Å². The predicted octanol–water partition coefficient (Wildman–Crippen LogP) is 5.13. The lowest BCUT2D eigenvalue weighted by atomic mass is 10.00. The molecule has 0 bridgehead atoms. The van der Waals surface area contributed by atoms with Gasteiger partial charge in [0, 0.05) is 29.1 Å². The van der Waals surface area contributed by atoms with E-state index < -0.39 is 5.82 Å². The van der Waals surface area contributed by atoms with Gasteiger partial charge in [-0.15, -0.1) is 0 Å². The lowest BCUT2D eigenvalue weighted by Gasteiger charge is -2.20. The molecule has 1 aromatic heterocycles. The van der Waals surface area contributed by atoms with Gasteiger partial charge < -0.3 is 29.4 Å². The molecule has 196 valence electrons. The monoisotopic (exact) mass is 536 g/mol. The van der Waals surface area contributed by atoms with Gasteiger partial charge in [-0.1, -0.05) is 17.7 Å². The highest BCUT2D eigenvalue weighted by Gasteiger charge is 2.22. The average molecular weight is 537 g/mol. The van der Waals surface area contributed by atoms with Crippen LogP contribution < -0.4 is 14.4 Å². The number of fused-ring (bicyclic) bond motifs is 2. The number of aromatic nitrogens is 1. The molecule has 2 N–H and O–H groups in total. The SMILES string of the molecule is CN(C)CC(=O)N(C)c1ccc(N=C(c2ccc3c(c2)OCCO3)c2c(O)[nH]c3cc(Cl)ccc23)cc1F. The molecule has 0 aliphatic carbocycles. The summed E-state index contributed by atoms with van der Waals surface area (Å²) in [4.78, 5) is 23.1. The van der Waals surface area contributed by atoms with E-state index >= 15 is 4.39 Å². The first-order valence-corrected chi connectivity index (χ1v) is 12.3. The van der Waals surface area contributed by atoms with Gasteiger partial charge in [-0.3, -0.25) is 4.79 Å². The van der Waals surface area contributed by atoms with Crippen molar-refractivity contribution in [1.29, 1.82) is 0 Å². The molecular formula is C28H26ClFN4O4. The number of hydrogen-bond acceptors (Lipinski definition) is 6. The minimum atomic E-state index is -0.600. The molecular weight excluding hydrogens is 511 g/mol. The molecule has 2 heterocycles. The highest BCUT2D eigenvalue weighted by Crippen LogP contribution is 2.37. The van der Waals surface area contributed by atoms with Gasteiger partial charge in [-0.25, -0.2) is 9.38 Å². The molecule has 3 aromatic carbocycles. The first kappa shape index (κ1) is 25.6. The Balaban J connectivity index is 1.63. The van der Waals surface area contributed by atoms with E-state index in [0.29, 0.717) is 63.2 Å². The topological polar surface area (TPSA) is 90.4 Å². The molecule has 1 aliphatic heterocycles. The Hall–Kier alpha value is -4.08. The maximum atomic E-state index is 15.2. The van der Waals surface area contributed by atoms with Gasteiger partial charge in [-0.2, -0.15) is 0 Å². The number of aromatic hydroxyl groups is 1. The number of aliphatic imine (C=N–C) groups is 1. The van der Waals surface area contributed by atoms with Gasteiger partial charge in [0.2, 0.25) is 5.91 Å². The van der Waals surface area contributed by atoms with Crippen molar-refractivity contribution in [2.75, 3.05) is 45.8 Å². The van der Waals surface area contributed by atoms with Crippen LogP contribution in [0.5, 0.6) is 17.4 Å². The van der Waals surface area contributed by atoms with Crippen molar-refractivity contribution in [3.8, 4) is 17.4 Å². The van der Waals surface area contributed by atoms with Crippen LogP contribution in [0, 0.1) is 5.82 Å². The van der Waals surface area contributed by atoms with Crippen molar-refractivity contribution >= 4 is 45.5 Å². The number of carbonyl (C=O) groups is 1. The second-order valence-corrected chi connectivity index (χ2v) is 9.62. The number of likely N-dealkylation sites (N-methyl/N-ethyl adjacent to an activating group) is 2. The van der Waals surface area contributed by atoms with E-state index in [-0.39, 0.29) is 24.0 Å². The van der Waals surface area contributed by atoms with Crippen molar-refractivity contribution in [2.45, 2.75) is 0 Å². The lowest BCUT2D eigenvalue weighted by molar-refractivity contribution is -0.118. The van der Waals surface area contributed by atoms with Crippen molar-refractivity contribution in [3.05, 3.63) is 76.6 Å². The molecule has 1 aliphatic rings. The number of anilines is 1. The summed E-state index contributed by atoms with van der Waals surface area (Å²) in [6.45, 7) is 1.01. The van der Waals surface area contributed by atoms with E-state index in [9.17, 15) is 9.90 Å². The summed E-state index contributed by atoms with van der Waals surface area (Å²) in [5.74, 6) is 0.199.